The Morgan fingerprint density at radius 2 is 2.15 bits per heavy atom. The van der Waals surface area contributed by atoms with E-state index in [2.05, 4.69) is 15.5 Å². The van der Waals surface area contributed by atoms with E-state index in [9.17, 15) is 19.1 Å². The number of nitrogens with one attached hydrogen (secondary N) is 2. The monoisotopic (exact) mass is 355 g/mol. The van der Waals surface area contributed by atoms with Crippen LogP contribution in [-0.4, -0.2) is 29.3 Å². The molecule has 0 spiro atoms. The van der Waals surface area contributed by atoms with Crippen LogP contribution in [0.5, 0.6) is 11.5 Å². The number of hydrogen-bond acceptors (Lipinski definition) is 5. The van der Waals surface area contributed by atoms with E-state index in [1.807, 2.05) is 0 Å². The third kappa shape index (κ3) is 3.25. The van der Waals surface area contributed by atoms with Crippen molar-refractivity contribution in [3.63, 3.8) is 0 Å². The first-order valence-corrected chi connectivity index (χ1v) is 7.51. The normalized spacial score (nSPS) is 11.0. The van der Waals surface area contributed by atoms with E-state index < -0.39 is 17.2 Å². The zero-order chi connectivity index (χ0) is 18.7. The molecule has 0 saturated heterocycles. The number of ether oxygens (including phenoxy) is 1. The van der Waals surface area contributed by atoms with Gasteiger partial charge in [0.2, 0.25) is 5.43 Å². The lowest BCUT2D eigenvalue weighted by molar-refractivity contribution is 0.0954. The fraction of sp³-hybridized carbons (Fsp3) is 0.0556. The highest BCUT2D eigenvalue weighted by Gasteiger charge is 2.14. The van der Waals surface area contributed by atoms with Crippen LogP contribution in [0.4, 0.5) is 4.39 Å². The molecule has 1 aromatic heterocycles. The molecule has 0 atom stereocenters. The second kappa shape index (κ2) is 7.06. The third-order valence-electron chi connectivity index (χ3n) is 3.71. The molecular formula is C18H14FN3O4. The fourth-order valence-electron chi connectivity index (χ4n) is 2.37. The van der Waals surface area contributed by atoms with Crippen LogP contribution in [0.1, 0.15) is 15.9 Å². The smallest absolute Gasteiger partial charge is 0.276 e. The molecule has 132 valence electrons. The molecule has 26 heavy (non-hydrogen) atoms. The van der Waals surface area contributed by atoms with E-state index in [1.165, 1.54) is 43.7 Å². The molecule has 3 aromatic rings. The number of nitrogens with zero attached hydrogens (tertiary/aromatic N) is 1. The maximum absolute atomic E-state index is 13.7. The quantitative estimate of drug-likeness (QED) is 0.493. The molecule has 0 saturated carbocycles. The van der Waals surface area contributed by atoms with Crippen LogP contribution in [0.2, 0.25) is 0 Å². The molecule has 0 fully saturated rings. The van der Waals surface area contributed by atoms with Crippen molar-refractivity contribution in [3.05, 3.63) is 69.8 Å². The summed E-state index contributed by atoms with van der Waals surface area (Å²) in [6.07, 6.45) is 2.34. The number of halogens is 1. The van der Waals surface area contributed by atoms with Crippen molar-refractivity contribution in [1.29, 1.82) is 0 Å². The van der Waals surface area contributed by atoms with Gasteiger partial charge in [-0.1, -0.05) is 6.07 Å². The Hall–Kier alpha value is -3.68. The van der Waals surface area contributed by atoms with Crippen LogP contribution in [0.15, 0.2) is 52.5 Å². The molecule has 0 radical (unpaired) electrons. The average Bonchev–Trinajstić information content (AvgIpc) is 2.64. The Bertz CT molecular complexity index is 1080. The van der Waals surface area contributed by atoms with Gasteiger partial charge in [-0.3, -0.25) is 9.59 Å². The number of carbonyl (C=O) groups excluding carboxylic acids is 1. The lowest BCUT2D eigenvalue weighted by atomic mass is 10.1. The molecule has 1 amide bonds. The van der Waals surface area contributed by atoms with E-state index in [0.29, 0.717) is 11.3 Å². The van der Waals surface area contributed by atoms with Gasteiger partial charge >= 0.3 is 0 Å². The van der Waals surface area contributed by atoms with Gasteiger partial charge in [0.25, 0.3) is 5.91 Å². The summed E-state index contributed by atoms with van der Waals surface area (Å²) in [5.41, 5.74) is 1.71. The molecular weight excluding hydrogens is 341 g/mol. The number of hydrazone groups is 1. The van der Waals surface area contributed by atoms with Crippen molar-refractivity contribution >= 4 is 23.0 Å². The molecule has 2 aromatic carbocycles. The Labute approximate surface area is 146 Å². The summed E-state index contributed by atoms with van der Waals surface area (Å²) in [5.74, 6) is -0.902. The predicted molar refractivity (Wildman–Crippen MR) is 94.2 cm³/mol. The maximum atomic E-state index is 13.7. The number of aromatic hydroxyl groups is 1. The summed E-state index contributed by atoms with van der Waals surface area (Å²) < 4.78 is 18.7. The van der Waals surface area contributed by atoms with Gasteiger partial charge in [-0.2, -0.15) is 5.10 Å². The summed E-state index contributed by atoms with van der Waals surface area (Å²) in [6, 6.07) is 8.53. The van der Waals surface area contributed by atoms with Gasteiger partial charge in [0.15, 0.2) is 0 Å². The first-order valence-electron chi connectivity index (χ1n) is 7.51. The van der Waals surface area contributed by atoms with E-state index in [0.717, 1.165) is 6.20 Å². The largest absolute Gasteiger partial charge is 0.507 e. The summed E-state index contributed by atoms with van der Waals surface area (Å²) >= 11 is 0. The van der Waals surface area contributed by atoms with Gasteiger partial charge < -0.3 is 14.8 Å². The summed E-state index contributed by atoms with van der Waals surface area (Å²) in [7, 11) is 1.48. The van der Waals surface area contributed by atoms with Crippen LogP contribution in [-0.2, 0) is 0 Å². The second-order valence-electron chi connectivity index (χ2n) is 5.32. The van der Waals surface area contributed by atoms with Crippen molar-refractivity contribution in [2.45, 2.75) is 0 Å². The third-order valence-corrected chi connectivity index (χ3v) is 3.71. The van der Waals surface area contributed by atoms with Crippen molar-refractivity contribution in [2.75, 3.05) is 7.11 Å². The highest BCUT2D eigenvalue weighted by atomic mass is 19.1. The van der Waals surface area contributed by atoms with Crippen LogP contribution in [0.25, 0.3) is 10.9 Å². The zero-order valence-electron chi connectivity index (χ0n) is 13.6. The van der Waals surface area contributed by atoms with Gasteiger partial charge in [0.05, 0.1) is 18.8 Å². The molecule has 0 unspecified atom stereocenters. The number of rotatable bonds is 4. The molecule has 3 rings (SSSR count). The summed E-state index contributed by atoms with van der Waals surface area (Å²) in [6.45, 7) is 0. The van der Waals surface area contributed by atoms with Crippen molar-refractivity contribution < 1.29 is 19.0 Å². The highest BCUT2D eigenvalue weighted by Crippen LogP contribution is 2.21. The minimum atomic E-state index is -0.768. The first-order chi connectivity index (χ1) is 12.5. The number of phenols is 1. The number of benzene rings is 2. The van der Waals surface area contributed by atoms with Crippen LogP contribution in [0.3, 0.4) is 0 Å². The first kappa shape index (κ1) is 17.2. The Balaban J connectivity index is 1.84. The Morgan fingerprint density at radius 3 is 2.92 bits per heavy atom. The van der Waals surface area contributed by atoms with Gasteiger partial charge in [-0.05, 0) is 30.3 Å². The molecule has 0 aliphatic heterocycles. The number of pyridine rings is 1. The lowest BCUT2D eigenvalue weighted by Gasteiger charge is -2.04. The number of aromatic nitrogens is 1. The zero-order valence-corrected chi connectivity index (χ0v) is 13.6. The standard InChI is InChI=1S/C18H14FN3O4/c1-26-11-5-6-15(23)10(7-11)8-21-22-18(25)13-9-20-16-12(17(13)24)3-2-4-14(16)19/h2-9,23H,1H3,(H,20,24)(H,22,25)/b21-8+. The van der Waals surface area contributed by atoms with E-state index >= 15 is 0 Å². The minimum Gasteiger partial charge on any atom is -0.507 e. The number of fused-ring (bicyclic) bond motifs is 1. The van der Waals surface area contributed by atoms with Gasteiger partial charge in [0.1, 0.15) is 22.9 Å². The number of phenolic OH excluding ortho intramolecular Hbond substituents is 1. The SMILES string of the molecule is COc1ccc(O)c(/C=N/NC(=O)c2c[nH]c3c(F)cccc3c2=O)c1. The van der Waals surface area contributed by atoms with Crippen molar-refractivity contribution in [3.8, 4) is 11.5 Å². The van der Waals surface area contributed by atoms with Gasteiger partial charge in [0, 0.05) is 17.1 Å². The number of H-pyrrole nitrogens is 1. The number of aromatic amines is 1. The van der Waals surface area contributed by atoms with Crippen LogP contribution < -0.4 is 15.6 Å². The minimum absolute atomic E-state index is 0.0267. The maximum Gasteiger partial charge on any atom is 0.276 e. The predicted octanol–water partition coefficient (Wildman–Crippen LogP) is 2.15. The fourth-order valence-corrected chi connectivity index (χ4v) is 2.37. The van der Waals surface area contributed by atoms with Crippen LogP contribution >= 0.6 is 0 Å². The van der Waals surface area contributed by atoms with Gasteiger partial charge in [-0.15, -0.1) is 0 Å². The Morgan fingerprint density at radius 1 is 1.35 bits per heavy atom. The topological polar surface area (TPSA) is 104 Å². The molecule has 0 bridgehead atoms. The van der Waals surface area contributed by atoms with E-state index in [1.54, 1.807) is 6.07 Å². The van der Waals surface area contributed by atoms with Gasteiger partial charge in [-0.25, -0.2) is 9.82 Å². The lowest BCUT2D eigenvalue weighted by Crippen LogP contribution is -2.25. The molecule has 0 aliphatic carbocycles. The number of hydrogen-bond donors (Lipinski definition) is 3. The Kier molecular flexibility index (Phi) is 4.66. The molecule has 0 aliphatic rings. The van der Waals surface area contributed by atoms with Crippen molar-refractivity contribution in [2.24, 2.45) is 5.10 Å². The number of carbonyl (C=O) groups is 1. The van der Waals surface area contributed by atoms with E-state index in [-0.39, 0.29) is 22.2 Å². The number of methoxy groups -OCH3 is 1. The highest BCUT2D eigenvalue weighted by molar-refractivity contribution is 5.97. The van der Waals surface area contributed by atoms with E-state index in [4.69, 9.17) is 4.74 Å². The summed E-state index contributed by atoms with van der Waals surface area (Å²) in [4.78, 5) is 27.1. The average molecular weight is 355 g/mol. The molecule has 3 N–H and O–H groups in total. The molecule has 8 heteroatoms. The summed E-state index contributed by atoms with van der Waals surface area (Å²) in [5, 5.41) is 13.5. The molecule has 7 nitrogen and oxygen atoms in total. The number of para-hydroxylation sites is 1. The van der Waals surface area contributed by atoms with Crippen LogP contribution in [0, 0.1) is 5.82 Å². The molecule has 1 heterocycles. The number of amides is 1. The second-order valence-corrected chi connectivity index (χ2v) is 5.32. The van der Waals surface area contributed by atoms with Crippen molar-refractivity contribution in [1.82, 2.24) is 10.4 Å².